The number of halogens is 3. The maximum absolute atomic E-state index is 14.6. The zero-order chi connectivity index (χ0) is 27.0. The number of aromatic nitrogens is 5. The molecule has 0 saturated carbocycles. The summed E-state index contributed by atoms with van der Waals surface area (Å²) in [7, 11) is 0. The molecule has 0 unspecified atom stereocenters. The van der Waals surface area contributed by atoms with Crippen LogP contribution >= 0.6 is 0 Å². The Morgan fingerprint density at radius 2 is 1.84 bits per heavy atom. The van der Waals surface area contributed by atoms with Crippen LogP contribution in [0.15, 0.2) is 55.1 Å². The van der Waals surface area contributed by atoms with Gasteiger partial charge in [-0.3, -0.25) is 9.78 Å². The molecule has 38 heavy (non-hydrogen) atoms. The van der Waals surface area contributed by atoms with Crippen LogP contribution in [0.3, 0.4) is 0 Å². The smallest absolute Gasteiger partial charge is 0.274 e. The SMILES string of the molecule is Cc1cc(F)c(-c2nc(C(=O)Nc3cnccc3N3C[C@@H](N)[C@@H](n4ccnn4)[C@@H](C)C3)ccc2F)c(F)c1. The number of anilines is 2. The van der Waals surface area contributed by atoms with Gasteiger partial charge in [0, 0.05) is 31.5 Å². The zero-order valence-electron chi connectivity index (χ0n) is 20.6. The fraction of sp³-hybridized carbons (Fsp3) is 0.269. The van der Waals surface area contributed by atoms with Gasteiger partial charge in [-0.25, -0.2) is 22.8 Å². The quantitative estimate of drug-likeness (QED) is 0.410. The molecule has 0 aliphatic carbocycles. The van der Waals surface area contributed by atoms with Crippen LogP contribution in [0.25, 0.3) is 11.3 Å². The van der Waals surface area contributed by atoms with Crippen LogP contribution in [-0.2, 0) is 0 Å². The molecule has 3 aromatic heterocycles. The van der Waals surface area contributed by atoms with Gasteiger partial charge in [-0.2, -0.15) is 0 Å². The van der Waals surface area contributed by atoms with Crippen LogP contribution in [0, 0.1) is 30.3 Å². The first kappa shape index (κ1) is 25.3. The second kappa shape index (κ2) is 10.2. The molecule has 9 nitrogen and oxygen atoms in total. The Balaban J connectivity index is 1.40. The van der Waals surface area contributed by atoms with Crippen molar-refractivity contribution < 1.29 is 18.0 Å². The van der Waals surface area contributed by atoms with E-state index in [0.717, 1.165) is 24.3 Å². The van der Waals surface area contributed by atoms with E-state index in [0.29, 0.717) is 30.0 Å². The molecule has 12 heteroatoms. The average Bonchev–Trinajstić information content (AvgIpc) is 3.39. The Bertz CT molecular complexity index is 1440. The van der Waals surface area contributed by atoms with Crippen LogP contribution < -0.4 is 16.0 Å². The number of pyridine rings is 2. The minimum atomic E-state index is -0.972. The minimum absolute atomic E-state index is 0.0435. The molecule has 1 aliphatic heterocycles. The summed E-state index contributed by atoms with van der Waals surface area (Å²) >= 11 is 0. The summed E-state index contributed by atoms with van der Waals surface area (Å²) in [5.74, 6) is -3.48. The fourth-order valence-corrected chi connectivity index (χ4v) is 4.96. The molecule has 3 atom stereocenters. The van der Waals surface area contributed by atoms with Gasteiger partial charge in [0.05, 0.1) is 35.4 Å². The Morgan fingerprint density at radius 1 is 1.08 bits per heavy atom. The Kier molecular flexibility index (Phi) is 6.81. The molecule has 4 heterocycles. The van der Waals surface area contributed by atoms with E-state index in [9.17, 15) is 18.0 Å². The molecule has 0 bridgehead atoms. The van der Waals surface area contributed by atoms with E-state index >= 15 is 0 Å². The maximum Gasteiger partial charge on any atom is 0.274 e. The lowest BCUT2D eigenvalue weighted by molar-refractivity contribution is 0.102. The summed E-state index contributed by atoms with van der Waals surface area (Å²) in [5.41, 5.74) is 6.47. The number of hydrogen-bond acceptors (Lipinski definition) is 7. The van der Waals surface area contributed by atoms with Crippen molar-refractivity contribution >= 4 is 17.3 Å². The Labute approximate surface area is 216 Å². The van der Waals surface area contributed by atoms with Crippen molar-refractivity contribution in [2.24, 2.45) is 11.7 Å². The topological polar surface area (TPSA) is 115 Å². The molecule has 1 amide bonds. The van der Waals surface area contributed by atoms with E-state index < -0.39 is 34.6 Å². The number of hydrogen-bond donors (Lipinski definition) is 2. The third-order valence-electron chi connectivity index (χ3n) is 6.60. The highest BCUT2D eigenvalue weighted by Gasteiger charge is 2.35. The zero-order valence-corrected chi connectivity index (χ0v) is 20.6. The van der Waals surface area contributed by atoms with Gasteiger partial charge >= 0.3 is 0 Å². The molecule has 3 N–H and O–H groups in total. The standard InChI is InChI=1S/C26H25F3N8O/c1-14-9-17(28)23(18(29)10-14)24-16(27)3-4-20(33-24)26(38)34-21-11-31-6-5-22(21)36-12-15(2)25(19(30)13-36)37-8-7-32-35-37/h3-11,15,19,25H,12-13,30H2,1-2H3,(H,34,38)/t15-,19+,25-/m0/s1. The second-order valence-corrected chi connectivity index (χ2v) is 9.40. The van der Waals surface area contributed by atoms with Crippen molar-refractivity contribution in [1.29, 1.82) is 0 Å². The van der Waals surface area contributed by atoms with Gasteiger partial charge < -0.3 is 16.0 Å². The number of nitrogens with two attached hydrogens (primary N) is 1. The van der Waals surface area contributed by atoms with Gasteiger partial charge in [0.2, 0.25) is 0 Å². The normalized spacial score (nSPS) is 19.4. The van der Waals surface area contributed by atoms with E-state index in [1.807, 2.05) is 4.90 Å². The van der Waals surface area contributed by atoms with E-state index in [-0.39, 0.29) is 23.7 Å². The van der Waals surface area contributed by atoms with Gasteiger partial charge in [-0.1, -0.05) is 12.1 Å². The van der Waals surface area contributed by atoms with Crippen LogP contribution in [0.2, 0.25) is 0 Å². The predicted octanol–water partition coefficient (Wildman–Crippen LogP) is 3.74. The average molecular weight is 523 g/mol. The van der Waals surface area contributed by atoms with Gasteiger partial charge in [-0.15, -0.1) is 5.10 Å². The lowest BCUT2D eigenvalue weighted by Crippen LogP contribution is -2.53. The highest BCUT2D eigenvalue weighted by molar-refractivity contribution is 6.04. The number of nitrogens with one attached hydrogen (secondary N) is 1. The molecular formula is C26H25F3N8O. The van der Waals surface area contributed by atoms with Gasteiger partial charge in [0.25, 0.3) is 5.91 Å². The van der Waals surface area contributed by atoms with Crippen molar-refractivity contribution in [3.63, 3.8) is 0 Å². The van der Waals surface area contributed by atoms with Crippen molar-refractivity contribution in [2.45, 2.75) is 25.9 Å². The number of carbonyl (C=O) groups is 1. The number of benzene rings is 1. The molecule has 1 aromatic carbocycles. The Hall–Kier alpha value is -4.32. The van der Waals surface area contributed by atoms with E-state index in [2.05, 4.69) is 32.5 Å². The van der Waals surface area contributed by atoms with Crippen molar-refractivity contribution in [3.8, 4) is 11.3 Å². The van der Waals surface area contributed by atoms with Crippen molar-refractivity contribution in [1.82, 2.24) is 25.0 Å². The molecule has 0 radical (unpaired) electrons. The molecular weight excluding hydrogens is 497 g/mol. The first-order valence-corrected chi connectivity index (χ1v) is 12.0. The molecule has 196 valence electrons. The van der Waals surface area contributed by atoms with Crippen LogP contribution in [0.4, 0.5) is 24.5 Å². The molecule has 1 fully saturated rings. The largest absolute Gasteiger partial charge is 0.368 e. The number of piperidine rings is 1. The summed E-state index contributed by atoms with van der Waals surface area (Å²) in [6, 6.07) is 5.70. The summed E-state index contributed by atoms with van der Waals surface area (Å²) < 4.78 is 45.3. The molecule has 5 rings (SSSR count). The lowest BCUT2D eigenvalue weighted by Gasteiger charge is -2.42. The number of rotatable bonds is 5. The summed E-state index contributed by atoms with van der Waals surface area (Å²) in [6.07, 6.45) is 6.48. The van der Waals surface area contributed by atoms with Gasteiger partial charge in [-0.05, 0) is 48.7 Å². The summed E-state index contributed by atoms with van der Waals surface area (Å²) in [4.78, 5) is 23.2. The monoisotopic (exact) mass is 522 g/mol. The van der Waals surface area contributed by atoms with Crippen molar-refractivity contribution in [2.75, 3.05) is 23.3 Å². The molecule has 1 saturated heterocycles. The Morgan fingerprint density at radius 3 is 2.53 bits per heavy atom. The highest BCUT2D eigenvalue weighted by atomic mass is 19.1. The number of amides is 1. The number of carbonyl (C=O) groups excluding carboxylic acids is 1. The third-order valence-corrected chi connectivity index (χ3v) is 6.60. The van der Waals surface area contributed by atoms with E-state index in [1.54, 1.807) is 29.3 Å². The fourth-order valence-electron chi connectivity index (χ4n) is 4.96. The van der Waals surface area contributed by atoms with Gasteiger partial charge in [0.1, 0.15) is 28.8 Å². The molecule has 4 aromatic rings. The first-order valence-electron chi connectivity index (χ1n) is 12.0. The minimum Gasteiger partial charge on any atom is -0.368 e. The van der Waals surface area contributed by atoms with E-state index in [4.69, 9.17) is 5.73 Å². The van der Waals surface area contributed by atoms with Gasteiger partial charge in [0.15, 0.2) is 0 Å². The lowest BCUT2D eigenvalue weighted by atomic mass is 9.90. The summed E-state index contributed by atoms with van der Waals surface area (Å²) in [5, 5.41) is 10.7. The maximum atomic E-state index is 14.6. The van der Waals surface area contributed by atoms with Crippen LogP contribution in [0.5, 0.6) is 0 Å². The van der Waals surface area contributed by atoms with Crippen LogP contribution in [-0.4, -0.2) is 50.0 Å². The molecule has 0 spiro atoms. The summed E-state index contributed by atoms with van der Waals surface area (Å²) in [6.45, 7) is 4.67. The van der Waals surface area contributed by atoms with Crippen LogP contribution in [0.1, 0.15) is 29.0 Å². The second-order valence-electron chi connectivity index (χ2n) is 9.40. The third kappa shape index (κ3) is 4.82. The number of nitrogens with zero attached hydrogens (tertiary/aromatic N) is 6. The highest BCUT2D eigenvalue weighted by Crippen LogP contribution is 2.34. The van der Waals surface area contributed by atoms with Crippen molar-refractivity contribution in [3.05, 3.63) is 83.8 Å². The first-order chi connectivity index (χ1) is 18.2. The van der Waals surface area contributed by atoms with E-state index in [1.165, 1.54) is 13.1 Å². The predicted molar refractivity (Wildman–Crippen MR) is 135 cm³/mol. The molecule has 1 aliphatic rings. The number of aryl methyl sites for hydroxylation is 1.